The number of hydrogen-bond donors (Lipinski definition) is 0. The second-order valence-corrected chi connectivity index (χ2v) is 5.07. The molecule has 2 heteroatoms. The molecule has 0 saturated heterocycles. The van der Waals surface area contributed by atoms with Gasteiger partial charge in [-0.2, -0.15) is 0 Å². The third kappa shape index (κ3) is 8.15. The average Bonchev–Trinajstić information content (AvgIpc) is 1.59. The van der Waals surface area contributed by atoms with E-state index in [1.807, 2.05) is 0 Å². The maximum Gasteiger partial charge on any atom is 0.129 e. The van der Waals surface area contributed by atoms with Crippen molar-refractivity contribution in [3.05, 3.63) is 0 Å². The zero-order valence-corrected chi connectivity index (χ0v) is 7.79. The molecule has 0 spiro atoms. The zero-order chi connectivity index (χ0) is 7.49. The van der Waals surface area contributed by atoms with E-state index >= 15 is 0 Å². The normalized spacial score (nSPS) is 11.6. The Kier molecular flexibility index (Phi) is 3.41. The van der Waals surface area contributed by atoms with E-state index in [2.05, 4.69) is 29.8 Å². The Morgan fingerprint density at radius 2 is 2.00 bits per heavy atom. The lowest BCUT2D eigenvalue weighted by Crippen LogP contribution is -2.10. The molecule has 0 aromatic heterocycles. The molecule has 0 atom stereocenters. The maximum atomic E-state index is 10.5. The first-order valence-corrected chi connectivity index (χ1v) is 3.89. The number of Topliss-reactive ketones (excluding diaryl/α,β-unsaturated/α-hetero) is 1. The summed E-state index contributed by atoms with van der Waals surface area (Å²) in [7, 11) is 0. The Labute approximate surface area is 65.0 Å². The predicted octanol–water partition coefficient (Wildman–Crippen LogP) is 2.53. The van der Waals surface area contributed by atoms with Crippen LogP contribution in [0.2, 0.25) is 0 Å². The molecule has 0 aliphatic carbocycles. The van der Waals surface area contributed by atoms with Crippen molar-refractivity contribution in [3.8, 4) is 0 Å². The van der Waals surface area contributed by atoms with E-state index in [0.29, 0.717) is 6.42 Å². The molecule has 9 heavy (non-hydrogen) atoms. The highest BCUT2D eigenvalue weighted by molar-refractivity contribution is 9.10. The van der Waals surface area contributed by atoms with Crippen LogP contribution in [0.15, 0.2) is 0 Å². The first-order valence-electron chi connectivity index (χ1n) is 3.10. The third-order valence-electron chi connectivity index (χ3n) is 1.07. The van der Waals surface area contributed by atoms with E-state index in [4.69, 9.17) is 0 Å². The standard InChI is InChI=1S/C7H13BrO/c1-6(9)4-5-7(2,3)8/h4-5H2,1-3H3. The van der Waals surface area contributed by atoms with Crippen LogP contribution in [0.3, 0.4) is 0 Å². The van der Waals surface area contributed by atoms with Gasteiger partial charge in [0.15, 0.2) is 0 Å². The van der Waals surface area contributed by atoms with Crippen LogP contribution in [-0.4, -0.2) is 10.1 Å². The molecular formula is C7H13BrO. The molecule has 0 aliphatic heterocycles. The highest BCUT2D eigenvalue weighted by atomic mass is 79.9. The predicted molar refractivity (Wildman–Crippen MR) is 42.9 cm³/mol. The summed E-state index contributed by atoms with van der Waals surface area (Å²) in [5.41, 5.74) is 0. The Hall–Kier alpha value is 0.150. The molecule has 0 aromatic rings. The Morgan fingerprint density at radius 3 is 2.11 bits per heavy atom. The molecule has 0 rings (SSSR count). The van der Waals surface area contributed by atoms with Crippen molar-refractivity contribution in [1.82, 2.24) is 0 Å². The molecule has 0 N–H and O–H groups in total. The minimum atomic E-state index is 0.124. The van der Waals surface area contributed by atoms with Gasteiger partial charge in [0, 0.05) is 10.7 Å². The first kappa shape index (κ1) is 9.15. The molecule has 1 nitrogen and oxygen atoms in total. The molecule has 0 aromatic carbocycles. The lowest BCUT2D eigenvalue weighted by atomic mass is 10.1. The summed E-state index contributed by atoms with van der Waals surface area (Å²) in [4.78, 5) is 10.5. The van der Waals surface area contributed by atoms with Crippen molar-refractivity contribution in [1.29, 1.82) is 0 Å². The zero-order valence-electron chi connectivity index (χ0n) is 6.20. The fourth-order valence-corrected chi connectivity index (χ4v) is 0.672. The van der Waals surface area contributed by atoms with Crippen molar-refractivity contribution in [2.45, 2.75) is 37.9 Å². The second kappa shape index (κ2) is 3.35. The van der Waals surface area contributed by atoms with E-state index < -0.39 is 0 Å². The SMILES string of the molecule is CC(=O)CCC(C)(C)Br. The van der Waals surface area contributed by atoms with Gasteiger partial charge in [-0.1, -0.05) is 29.8 Å². The summed E-state index contributed by atoms with van der Waals surface area (Å²) in [6, 6.07) is 0. The van der Waals surface area contributed by atoms with Crippen LogP contribution >= 0.6 is 15.9 Å². The number of hydrogen-bond acceptors (Lipinski definition) is 1. The molecule has 0 aliphatic rings. The van der Waals surface area contributed by atoms with Gasteiger partial charge in [-0.3, -0.25) is 0 Å². The summed E-state index contributed by atoms with van der Waals surface area (Å²) in [6.45, 7) is 5.75. The van der Waals surface area contributed by atoms with Crippen molar-refractivity contribution < 1.29 is 4.79 Å². The minimum Gasteiger partial charge on any atom is -0.300 e. The van der Waals surface area contributed by atoms with Crippen LogP contribution in [0.4, 0.5) is 0 Å². The molecular weight excluding hydrogens is 180 g/mol. The lowest BCUT2D eigenvalue weighted by molar-refractivity contribution is -0.117. The number of ketones is 1. The smallest absolute Gasteiger partial charge is 0.129 e. The number of alkyl halides is 1. The number of carbonyl (C=O) groups is 1. The van der Waals surface area contributed by atoms with Gasteiger partial charge in [0.05, 0.1) is 0 Å². The molecule has 0 amide bonds. The van der Waals surface area contributed by atoms with Crippen LogP contribution in [-0.2, 0) is 4.79 Å². The molecule has 54 valence electrons. The second-order valence-electron chi connectivity index (χ2n) is 2.92. The first-order chi connectivity index (χ1) is 3.92. The Bertz CT molecular complexity index is 102. The van der Waals surface area contributed by atoms with Crippen LogP contribution in [0.5, 0.6) is 0 Å². The number of rotatable bonds is 3. The molecule has 0 heterocycles. The van der Waals surface area contributed by atoms with Gasteiger partial charge in [0.1, 0.15) is 5.78 Å². The van der Waals surface area contributed by atoms with E-state index in [1.54, 1.807) is 6.92 Å². The van der Waals surface area contributed by atoms with Crippen molar-refractivity contribution in [2.75, 3.05) is 0 Å². The topological polar surface area (TPSA) is 17.1 Å². The quantitative estimate of drug-likeness (QED) is 0.629. The fourth-order valence-electron chi connectivity index (χ4n) is 0.473. The van der Waals surface area contributed by atoms with E-state index in [1.165, 1.54) is 0 Å². The summed E-state index contributed by atoms with van der Waals surface area (Å²) < 4.78 is 0.124. The van der Waals surface area contributed by atoms with Crippen LogP contribution in [0.25, 0.3) is 0 Å². The molecule has 0 saturated carbocycles. The summed E-state index contributed by atoms with van der Waals surface area (Å²) in [6.07, 6.45) is 1.60. The summed E-state index contributed by atoms with van der Waals surface area (Å²) in [5.74, 6) is 0.266. The summed E-state index contributed by atoms with van der Waals surface area (Å²) in [5, 5.41) is 0. The van der Waals surface area contributed by atoms with Gasteiger partial charge < -0.3 is 4.79 Å². The molecule has 0 bridgehead atoms. The van der Waals surface area contributed by atoms with Crippen molar-refractivity contribution in [3.63, 3.8) is 0 Å². The highest BCUT2D eigenvalue weighted by Gasteiger charge is 2.12. The van der Waals surface area contributed by atoms with E-state index in [-0.39, 0.29) is 10.1 Å². The Balaban J connectivity index is 3.39. The van der Waals surface area contributed by atoms with E-state index in [0.717, 1.165) is 6.42 Å². The molecule has 0 unspecified atom stereocenters. The van der Waals surface area contributed by atoms with Crippen LogP contribution < -0.4 is 0 Å². The van der Waals surface area contributed by atoms with Gasteiger partial charge in [0.2, 0.25) is 0 Å². The van der Waals surface area contributed by atoms with Crippen LogP contribution in [0, 0.1) is 0 Å². The van der Waals surface area contributed by atoms with Gasteiger partial charge in [-0.15, -0.1) is 0 Å². The van der Waals surface area contributed by atoms with Gasteiger partial charge in [-0.25, -0.2) is 0 Å². The summed E-state index contributed by atoms with van der Waals surface area (Å²) >= 11 is 3.45. The monoisotopic (exact) mass is 192 g/mol. The van der Waals surface area contributed by atoms with Crippen molar-refractivity contribution in [2.24, 2.45) is 0 Å². The third-order valence-corrected chi connectivity index (χ3v) is 1.47. The Morgan fingerprint density at radius 1 is 1.56 bits per heavy atom. The van der Waals surface area contributed by atoms with Crippen molar-refractivity contribution >= 4 is 21.7 Å². The lowest BCUT2D eigenvalue weighted by Gasteiger charge is -2.13. The number of carbonyl (C=O) groups excluding carboxylic acids is 1. The average molecular weight is 193 g/mol. The minimum absolute atomic E-state index is 0.124. The van der Waals surface area contributed by atoms with Gasteiger partial charge in [0.25, 0.3) is 0 Å². The molecule has 0 radical (unpaired) electrons. The largest absolute Gasteiger partial charge is 0.300 e. The van der Waals surface area contributed by atoms with Crippen LogP contribution in [0.1, 0.15) is 33.6 Å². The fraction of sp³-hybridized carbons (Fsp3) is 0.857. The van der Waals surface area contributed by atoms with E-state index in [9.17, 15) is 4.79 Å². The maximum absolute atomic E-state index is 10.5. The molecule has 0 fully saturated rings. The highest BCUT2D eigenvalue weighted by Crippen LogP contribution is 2.21. The van der Waals surface area contributed by atoms with Gasteiger partial charge in [-0.05, 0) is 13.3 Å². The number of halogens is 1. The van der Waals surface area contributed by atoms with Gasteiger partial charge >= 0.3 is 0 Å².